The van der Waals surface area contributed by atoms with Crippen LogP contribution in [0.1, 0.15) is 27.2 Å². The van der Waals surface area contributed by atoms with E-state index in [1.54, 1.807) is 0 Å². The van der Waals surface area contributed by atoms with E-state index in [1.807, 2.05) is 20.8 Å². The van der Waals surface area contributed by atoms with Gasteiger partial charge in [0.2, 0.25) is 0 Å². The molecule has 0 heterocycles. The van der Waals surface area contributed by atoms with Crippen molar-refractivity contribution in [3.8, 4) is 0 Å². The number of ether oxygens (including phenoxy) is 1. The maximum Gasteiger partial charge on any atom is 0.110 e. The first-order valence-electron chi connectivity index (χ1n) is 3.96. The van der Waals surface area contributed by atoms with Gasteiger partial charge in [0.1, 0.15) is 6.23 Å². The molecule has 0 saturated heterocycles. The minimum atomic E-state index is -0.242. The van der Waals surface area contributed by atoms with E-state index in [2.05, 4.69) is 0 Å². The molecule has 0 fully saturated rings. The van der Waals surface area contributed by atoms with Crippen molar-refractivity contribution < 1.29 is 9.84 Å². The Balaban J connectivity index is 3.44. The summed E-state index contributed by atoms with van der Waals surface area (Å²) in [5.74, 6) is 0. The summed E-state index contributed by atoms with van der Waals surface area (Å²) in [5, 5.41) is 8.46. The summed E-state index contributed by atoms with van der Waals surface area (Å²) in [5.41, 5.74) is 5.67. The molecule has 0 rings (SSSR count). The Kier molecular flexibility index (Phi) is 4.65. The molecule has 3 nitrogen and oxygen atoms in total. The molecule has 0 aromatic carbocycles. The van der Waals surface area contributed by atoms with Gasteiger partial charge in [-0.15, -0.1) is 0 Å². The third-order valence-electron chi connectivity index (χ3n) is 1.45. The highest BCUT2D eigenvalue weighted by atomic mass is 16.5. The molecule has 68 valence electrons. The number of hydrogen-bond acceptors (Lipinski definition) is 3. The summed E-state index contributed by atoms with van der Waals surface area (Å²) in [6.45, 7) is 6.77. The Bertz CT molecular complexity index is 98.8. The highest BCUT2D eigenvalue weighted by molar-refractivity contribution is 4.68. The molecule has 0 aromatic rings. The summed E-state index contributed by atoms with van der Waals surface area (Å²) >= 11 is 0. The van der Waals surface area contributed by atoms with Gasteiger partial charge >= 0.3 is 0 Å². The quantitative estimate of drug-likeness (QED) is 0.472. The van der Waals surface area contributed by atoms with Crippen molar-refractivity contribution in [2.24, 2.45) is 11.1 Å². The lowest BCUT2D eigenvalue weighted by Crippen LogP contribution is -2.37. The fraction of sp³-hybridized carbons (Fsp3) is 1.00. The molecular formula is C8H19NO2. The first-order valence-corrected chi connectivity index (χ1v) is 3.96. The molecule has 0 amide bonds. The number of aliphatic hydroxyl groups excluding tert-OH is 1. The van der Waals surface area contributed by atoms with Crippen molar-refractivity contribution in [3.63, 3.8) is 0 Å². The third-order valence-corrected chi connectivity index (χ3v) is 1.45. The van der Waals surface area contributed by atoms with Gasteiger partial charge in [-0.25, -0.2) is 0 Å². The zero-order valence-electron chi connectivity index (χ0n) is 7.63. The van der Waals surface area contributed by atoms with Crippen molar-refractivity contribution in [1.29, 1.82) is 0 Å². The molecule has 3 heteroatoms. The maximum atomic E-state index is 8.46. The molecule has 11 heavy (non-hydrogen) atoms. The Morgan fingerprint density at radius 1 is 1.45 bits per heavy atom. The van der Waals surface area contributed by atoms with Gasteiger partial charge in [0, 0.05) is 12.0 Å². The summed E-state index contributed by atoms with van der Waals surface area (Å²) in [7, 11) is 0. The third kappa shape index (κ3) is 5.18. The first kappa shape index (κ1) is 10.9. The largest absolute Gasteiger partial charge is 0.396 e. The fourth-order valence-corrected chi connectivity index (χ4v) is 0.525. The molecule has 0 aliphatic carbocycles. The van der Waals surface area contributed by atoms with Crippen LogP contribution in [0.25, 0.3) is 0 Å². The minimum absolute atomic E-state index is 0.0184. The molecule has 0 aliphatic rings. The molecule has 0 bridgehead atoms. The van der Waals surface area contributed by atoms with E-state index in [4.69, 9.17) is 15.6 Å². The second-order valence-electron chi connectivity index (χ2n) is 3.73. The van der Waals surface area contributed by atoms with Crippen molar-refractivity contribution in [2.75, 3.05) is 13.2 Å². The Morgan fingerprint density at radius 3 is 2.36 bits per heavy atom. The molecule has 0 radical (unpaired) electrons. The summed E-state index contributed by atoms with van der Waals surface area (Å²) in [4.78, 5) is 0. The van der Waals surface area contributed by atoms with Crippen LogP contribution in [0, 0.1) is 5.41 Å². The molecule has 3 N–H and O–H groups in total. The minimum Gasteiger partial charge on any atom is -0.396 e. The highest BCUT2D eigenvalue weighted by Crippen LogP contribution is 2.17. The zero-order valence-corrected chi connectivity index (χ0v) is 7.63. The van der Waals surface area contributed by atoms with Crippen molar-refractivity contribution in [1.82, 2.24) is 0 Å². The lowest BCUT2D eigenvalue weighted by molar-refractivity contribution is -0.0180. The molecule has 1 atom stereocenters. The van der Waals surface area contributed by atoms with Crippen molar-refractivity contribution in [3.05, 3.63) is 0 Å². The van der Waals surface area contributed by atoms with Gasteiger partial charge in [0.05, 0.1) is 6.61 Å². The van der Waals surface area contributed by atoms with E-state index >= 15 is 0 Å². The van der Waals surface area contributed by atoms with Crippen molar-refractivity contribution in [2.45, 2.75) is 33.4 Å². The van der Waals surface area contributed by atoms with Crippen LogP contribution in [0.15, 0.2) is 0 Å². The number of aliphatic hydroxyl groups is 1. The van der Waals surface area contributed by atoms with Crippen LogP contribution >= 0.6 is 0 Å². The SMILES string of the molecule is CC(C)(C)C(N)OCCCO. The average Bonchev–Trinajstić information content (AvgIpc) is 1.86. The second-order valence-corrected chi connectivity index (χ2v) is 3.73. The number of rotatable bonds is 4. The predicted octanol–water partition coefficient (Wildman–Crippen LogP) is 0.716. The van der Waals surface area contributed by atoms with E-state index in [0.29, 0.717) is 13.0 Å². The summed E-state index contributed by atoms with van der Waals surface area (Å²) < 4.78 is 5.26. The highest BCUT2D eigenvalue weighted by Gasteiger charge is 2.20. The van der Waals surface area contributed by atoms with Crippen LogP contribution in [-0.2, 0) is 4.74 Å². The standard InChI is InChI=1S/C8H19NO2/c1-8(2,3)7(9)11-6-4-5-10/h7,10H,4-6,9H2,1-3H3. The van der Waals surface area contributed by atoms with Crippen LogP contribution in [0.4, 0.5) is 0 Å². The van der Waals surface area contributed by atoms with Gasteiger partial charge in [-0.3, -0.25) is 0 Å². The van der Waals surface area contributed by atoms with Gasteiger partial charge in [0.15, 0.2) is 0 Å². The molecule has 0 spiro atoms. The zero-order chi connectivity index (χ0) is 8.91. The van der Waals surface area contributed by atoms with E-state index in [9.17, 15) is 0 Å². The molecule has 1 unspecified atom stereocenters. The fourth-order valence-electron chi connectivity index (χ4n) is 0.525. The van der Waals surface area contributed by atoms with E-state index in [0.717, 1.165) is 0 Å². The van der Waals surface area contributed by atoms with Crippen LogP contribution in [0.5, 0.6) is 0 Å². The molecule has 0 saturated carbocycles. The summed E-state index contributed by atoms with van der Waals surface area (Å²) in [6.07, 6.45) is 0.415. The van der Waals surface area contributed by atoms with Gasteiger partial charge < -0.3 is 15.6 Å². The molecule has 0 aromatic heterocycles. The van der Waals surface area contributed by atoms with E-state index in [1.165, 1.54) is 0 Å². The van der Waals surface area contributed by atoms with Crippen molar-refractivity contribution >= 4 is 0 Å². The van der Waals surface area contributed by atoms with Crippen LogP contribution in [-0.4, -0.2) is 24.5 Å². The van der Waals surface area contributed by atoms with Crippen LogP contribution in [0.3, 0.4) is 0 Å². The molecule has 0 aliphatic heterocycles. The van der Waals surface area contributed by atoms with Gasteiger partial charge in [0.25, 0.3) is 0 Å². The Morgan fingerprint density at radius 2 is 2.00 bits per heavy atom. The number of nitrogens with two attached hydrogens (primary N) is 1. The summed E-state index contributed by atoms with van der Waals surface area (Å²) in [6, 6.07) is 0. The average molecular weight is 161 g/mol. The lowest BCUT2D eigenvalue weighted by atomic mass is 9.95. The van der Waals surface area contributed by atoms with E-state index < -0.39 is 0 Å². The maximum absolute atomic E-state index is 8.46. The molecular weight excluding hydrogens is 142 g/mol. The number of hydrogen-bond donors (Lipinski definition) is 2. The monoisotopic (exact) mass is 161 g/mol. The second kappa shape index (κ2) is 4.70. The Labute approximate surface area is 68.5 Å². The normalized spacial score (nSPS) is 15.0. The lowest BCUT2D eigenvalue weighted by Gasteiger charge is -2.26. The Hall–Kier alpha value is -0.120. The van der Waals surface area contributed by atoms with Crippen LogP contribution < -0.4 is 5.73 Å². The van der Waals surface area contributed by atoms with Gasteiger partial charge in [-0.05, 0) is 6.42 Å². The first-order chi connectivity index (χ1) is 4.98. The smallest absolute Gasteiger partial charge is 0.110 e. The van der Waals surface area contributed by atoms with Gasteiger partial charge in [-0.1, -0.05) is 20.8 Å². The van der Waals surface area contributed by atoms with Crippen LogP contribution in [0.2, 0.25) is 0 Å². The van der Waals surface area contributed by atoms with Gasteiger partial charge in [-0.2, -0.15) is 0 Å². The van der Waals surface area contributed by atoms with E-state index in [-0.39, 0.29) is 18.2 Å². The topological polar surface area (TPSA) is 55.5 Å². The predicted molar refractivity (Wildman–Crippen MR) is 45.1 cm³/mol.